The summed E-state index contributed by atoms with van der Waals surface area (Å²) >= 11 is 12.0. The van der Waals surface area contributed by atoms with Gasteiger partial charge in [0.1, 0.15) is 5.82 Å². The third kappa shape index (κ3) is 4.11. The minimum atomic E-state index is 0.389. The van der Waals surface area contributed by atoms with Gasteiger partial charge in [0.25, 0.3) is 0 Å². The van der Waals surface area contributed by atoms with Crippen molar-refractivity contribution in [3.05, 3.63) is 16.1 Å². The Morgan fingerprint density at radius 3 is 2.63 bits per heavy atom. The molecule has 4 N–H and O–H groups in total. The van der Waals surface area contributed by atoms with E-state index in [-0.39, 0.29) is 0 Å². The average molecular weight is 305 g/mol. The molecule has 0 atom stereocenters. The Hall–Kier alpha value is -0.750. The molecule has 0 spiro atoms. The highest BCUT2D eigenvalue weighted by molar-refractivity contribution is 6.37. The van der Waals surface area contributed by atoms with Crippen LogP contribution in [0.4, 0.5) is 11.6 Å². The van der Waals surface area contributed by atoms with Crippen molar-refractivity contribution in [3.63, 3.8) is 0 Å². The molecule has 5 nitrogen and oxygen atoms in total. The highest BCUT2D eigenvalue weighted by atomic mass is 35.5. The number of aromatic nitrogens is 1. The van der Waals surface area contributed by atoms with E-state index in [0.29, 0.717) is 40.9 Å². The first-order valence-electron chi connectivity index (χ1n) is 6.39. The van der Waals surface area contributed by atoms with Crippen molar-refractivity contribution < 1.29 is 4.74 Å². The van der Waals surface area contributed by atoms with Crippen molar-refractivity contribution in [2.45, 2.75) is 31.8 Å². The largest absolute Gasteiger partial charge is 0.376 e. The summed E-state index contributed by atoms with van der Waals surface area (Å²) in [5, 5.41) is 3.97. The minimum absolute atomic E-state index is 0.389. The molecule has 0 unspecified atom stereocenters. The Bertz CT molecular complexity index is 424. The molecule has 0 aromatic carbocycles. The highest BCUT2D eigenvalue weighted by Gasteiger charge is 2.15. The number of hydrogen-bond acceptors (Lipinski definition) is 5. The molecule has 1 aliphatic rings. The Labute approximate surface area is 122 Å². The third-order valence-electron chi connectivity index (χ3n) is 3.12. The molecule has 1 aromatic heterocycles. The lowest BCUT2D eigenvalue weighted by atomic mass is 10.3. The number of pyridine rings is 1. The summed E-state index contributed by atoms with van der Waals surface area (Å²) < 4.78 is 5.75. The number of anilines is 2. The zero-order chi connectivity index (χ0) is 13.7. The van der Waals surface area contributed by atoms with Gasteiger partial charge in [0.2, 0.25) is 0 Å². The molecule has 1 aliphatic carbocycles. The molecule has 2 rings (SSSR count). The number of nitrogen functional groups attached to an aromatic ring is 1. The van der Waals surface area contributed by atoms with Gasteiger partial charge in [0.05, 0.1) is 22.8 Å². The lowest BCUT2D eigenvalue weighted by Gasteiger charge is -2.13. The van der Waals surface area contributed by atoms with Crippen LogP contribution >= 0.6 is 23.2 Å². The Kier molecular flexibility index (Phi) is 5.51. The number of rotatable bonds is 6. The van der Waals surface area contributed by atoms with Crippen molar-refractivity contribution in [3.8, 4) is 0 Å². The lowest BCUT2D eigenvalue weighted by Crippen LogP contribution is -2.17. The molecule has 106 valence electrons. The standard InChI is InChI=1S/C12H18Cl2N4O/c13-9-7-10(14)12(18-15)17-11(9)16-5-6-19-8-3-1-2-4-8/h7-8H,1-6,15H2,(H2,16,17,18). The van der Waals surface area contributed by atoms with Crippen LogP contribution in [0.25, 0.3) is 0 Å². The van der Waals surface area contributed by atoms with Crippen molar-refractivity contribution in [1.29, 1.82) is 0 Å². The van der Waals surface area contributed by atoms with Crippen LogP contribution in [0.1, 0.15) is 25.7 Å². The molecule has 0 saturated heterocycles. The van der Waals surface area contributed by atoms with Gasteiger partial charge in [0.15, 0.2) is 5.82 Å². The number of hydrazine groups is 1. The molecule has 0 aliphatic heterocycles. The Morgan fingerprint density at radius 2 is 1.95 bits per heavy atom. The molecule has 1 aromatic rings. The normalized spacial score (nSPS) is 15.7. The predicted octanol–water partition coefficient (Wildman–Crippen LogP) is 3.05. The number of nitrogens with zero attached hydrogens (tertiary/aromatic N) is 1. The van der Waals surface area contributed by atoms with E-state index in [0.717, 1.165) is 0 Å². The summed E-state index contributed by atoms with van der Waals surface area (Å²) in [5.74, 6) is 6.26. The quantitative estimate of drug-likeness (QED) is 0.428. The van der Waals surface area contributed by atoms with Crippen LogP contribution in [-0.4, -0.2) is 24.2 Å². The van der Waals surface area contributed by atoms with E-state index < -0.39 is 0 Å². The number of hydrogen-bond donors (Lipinski definition) is 3. The van der Waals surface area contributed by atoms with Gasteiger partial charge < -0.3 is 15.5 Å². The van der Waals surface area contributed by atoms with Gasteiger partial charge in [-0.05, 0) is 18.9 Å². The topological polar surface area (TPSA) is 72.2 Å². The van der Waals surface area contributed by atoms with Gasteiger partial charge in [-0.1, -0.05) is 36.0 Å². The molecule has 1 saturated carbocycles. The zero-order valence-electron chi connectivity index (χ0n) is 10.6. The average Bonchev–Trinajstić information content (AvgIpc) is 2.90. The van der Waals surface area contributed by atoms with Crippen molar-refractivity contribution in [2.75, 3.05) is 23.9 Å². The first-order chi connectivity index (χ1) is 9.20. The molecular formula is C12H18Cl2N4O. The smallest absolute Gasteiger partial charge is 0.161 e. The van der Waals surface area contributed by atoms with Gasteiger partial charge in [-0.2, -0.15) is 0 Å². The summed E-state index contributed by atoms with van der Waals surface area (Å²) in [6, 6.07) is 1.60. The maximum absolute atomic E-state index is 6.05. The summed E-state index contributed by atoms with van der Waals surface area (Å²) in [5.41, 5.74) is 2.43. The van der Waals surface area contributed by atoms with E-state index in [1.165, 1.54) is 25.7 Å². The second-order valence-corrected chi connectivity index (χ2v) is 5.31. The second-order valence-electron chi connectivity index (χ2n) is 4.50. The third-order valence-corrected chi connectivity index (χ3v) is 3.69. The summed E-state index contributed by atoms with van der Waals surface area (Å²) in [6.07, 6.45) is 5.29. The van der Waals surface area contributed by atoms with Crippen LogP contribution in [0.5, 0.6) is 0 Å². The highest BCUT2D eigenvalue weighted by Crippen LogP contribution is 2.28. The van der Waals surface area contributed by atoms with E-state index in [1.807, 2.05) is 0 Å². The van der Waals surface area contributed by atoms with Gasteiger partial charge in [-0.25, -0.2) is 10.8 Å². The van der Waals surface area contributed by atoms with Crippen molar-refractivity contribution in [1.82, 2.24) is 4.98 Å². The van der Waals surface area contributed by atoms with Gasteiger partial charge in [0, 0.05) is 6.54 Å². The molecule has 1 heterocycles. The summed E-state index contributed by atoms with van der Waals surface area (Å²) in [7, 11) is 0. The second kappa shape index (κ2) is 7.14. The minimum Gasteiger partial charge on any atom is -0.376 e. The molecule has 0 bridgehead atoms. The number of ether oxygens (including phenoxy) is 1. The molecule has 1 fully saturated rings. The molecule has 0 radical (unpaired) electrons. The predicted molar refractivity (Wildman–Crippen MR) is 78.8 cm³/mol. The zero-order valence-corrected chi connectivity index (χ0v) is 12.1. The monoisotopic (exact) mass is 304 g/mol. The van der Waals surface area contributed by atoms with Crippen LogP contribution in [-0.2, 0) is 4.74 Å². The van der Waals surface area contributed by atoms with Crippen molar-refractivity contribution in [2.24, 2.45) is 5.84 Å². The Balaban J connectivity index is 1.81. The van der Waals surface area contributed by atoms with E-state index in [9.17, 15) is 0 Å². The van der Waals surface area contributed by atoms with E-state index in [1.54, 1.807) is 6.07 Å². The van der Waals surface area contributed by atoms with E-state index in [4.69, 9.17) is 33.8 Å². The number of nitrogens with two attached hydrogens (primary N) is 1. The lowest BCUT2D eigenvalue weighted by molar-refractivity contribution is 0.0659. The van der Waals surface area contributed by atoms with Gasteiger partial charge >= 0.3 is 0 Å². The van der Waals surface area contributed by atoms with E-state index >= 15 is 0 Å². The fourth-order valence-electron chi connectivity index (χ4n) is 2.14. The molecule has 0 amide bonds. The van der Waals surface area contributed by atoms with Crippen LogP contribution in [0.3, 0.4) is 0 Å². The molecule has 7 heteroatoms. The van der Waals surface area contributed by atoms with E-state index in [2.05, 4.69) is 15.7 Å². The summed E-state index contributed by atoms with van der Waals surface area (Å²) in [6.45, 7) is 1.28. The molecule has 19 heavy (non-hydrogen) atoms. The van der Waals surface area contributed by atoms with Crippen LogP contribution in [0.2, 0.25) is 10.0 Å². The Morgan fingerprint density at radius 1 is 1.26 bits per heavy atom. The fourth-order valence-corrected chi connectivity index (χ4v) is 2.62. The maximum atomic E-state index is 6.05. The number of nitrogens with one attached hydrogen (secondary N) is 2. The van der Waals surface area contributed by atoms with Crippen LogP contribution < -0.4 is 16.6 Å². The first-order valence-corrected chi connectivity index (χ1v) is 7.14. The van der Waals surface area contributed by atoms with Crippen LogP contribution in [0, 0.1) is 0 Å². The van der Waals surface area contributed by atoms with Gasteiger partial charge in [-0.15, -0.1) is 0 Å². The molecular weight excluding hydrogens is 287 g/mol. The van der Waals surface area contributed by atoms with Crippen LogP contribution in [0.15, 0.2) is 6.07 Å². The number of halogens is 2. The first kappa shape index (κ1) is 14.7. The van der Waals surface area contributed by atoms with Crippen molar-refractivity contribution >= 4 is 34.8 Å². The maximum Gasteiger partial charge on any atom is 0.161 e. The fraction of sp³-hybridized carbons (Fsp3) is 0.583. The van der Waals surface area contributed by atoms with Gasteiger partial charge in [-0.3, -0.25) is 0 Å². The SMILES string of the molecule is NNc1nc(NCCOC2CCCC2)c(Cl)cc1Cl. The summed E-state index contributed by atoms with van der Waals surface area (Å²) in [4.78, 5) is 4.19.